The second-order valence-corrected chi connectivity index (χ2v) is 8.63. The summed E-state index contributed by atoms with van der Waals surface area (Å²) in [4.78, 5) is 24.2. The average Bonchev–Trinajstić information content (AvgIpc) is 2.42. The highest BCUT2D eigenvalue weighted by Gasteiger charge is 2.69. The maximum atomic E-state index is 12.9. The van der Waals surface area contributed by atoms with E-state index < -0.39 is 0 Å². The van der Waals surface area contributed by atoms with Crippen LogP contribution in [-0.2, 0) is 9.53 Å². The Labute approximate surface area is 138 Å². The van der Waals surface area contributed by atoms with E-state index in [1.165, 1.54) is 13.5 Å². The van der Waals surface area contributed by atoms with Gasteiger partial charge in [0.1, 0.15) is 0 Å². The quantitative estimate of drug-likeness (QED) is 0.836. The van der Waals surface area contributed by atoms with Gasteiger partial charge >= 0.3 is 6.09 Å². The molecule has 4 fully saturated rings. The van der Waals surface area contributed by atoms with Crippen LogP contribution < -0.4 is 10.6 Å². The van der Waals surface area contributed by atoms with Crippen LogP contribution in [0.5, 0.6) is 0 Å². The second-order valence-electron chi connectivity index (χ2n) is 8.63. The summed E-state index contributed by atoms with van der Waals surface area (Å²) < 4.78 is 4.67. The molecule has 0 spiro atoms. The van der Waals surface area contributed by atoms with Gasteiger partial charge in [-0.3, -0.25) is 4.79 Å². The third-order valence-corrected chi connectivity index (χ3v) is 6.33. The standard InChI is InChI=1S/C18H30N2O3/c1-11(2)13-6-5-12(3)7-14(13)15(21)19-17-8-18(9-17,10-17)20-16(22)23-4/h11-14H,5-10H2,1-4H3,(H,19,21)(H,20,22)/t12-,13+,14-,17?,18?/m1/s1. The van der Waals surface area contributed by atoms with Crippen molar-refractivity contribution in [2.24, 2.45) is 23.7 Å². The molecule has 4 aliphatic carbocycles. The van der Waals surface area contributed by atoms with Crippen LogP contribution in [-0.4, -0.2) is 30.2 Å². The van der Waals surface area contributed by atoms with E-state index >= 15 is 0 Å². The Morgan fingerprint density at radius 1 is 1.09 bits per heavy atom. The molecule has 5 heteroatoms. The molecule has 4 rings (SSSR count). The summed E-state index contributed by atoms with van der Waals surface area (Å²) in [6, 6.07) is 0. The zero-order valence-electron chi connectivity index (χ0n) is 14.8. The fourth-order valence-electron chi connectivity index (χ4n) is 5.18. The Balaban J connectivity index is 1.55. The fourth-order valence-corrected chi connectivity index (χ4v) is 5.18. The van der Waals surface area contributed by atoms with Crippen molar-refractivity contribution in [1.29, 1.82) is 0 Å². The predicted molar refractivity (Wildman–Crippen MR) is 87.8 cm³/mol. The molecule has 2 amide bonds. The van der Waals surface area contributed by atoms with E-state index in [1.54, 1.807) is 0 Å². The lowest BCUT2D eigenvalue weighted by Gasteiger charge is -2.70. The molecule has 0 heterocycles. The van der Waals surface area contributed by atoms with Crippen molar-refractivity contribution in [2.45, 2.75) is 70.4 Å². The van der Waals surface area contributed by atoms with Gasteiger partial charge < -0.3 is 15.4 Å². The van der Waals surface area contributed by atoms with Crippen molar-refractivity contribution in [3.05, 3.63) is 0 Å². The summed E-state index contributed by atoms with van der Waals surface area (Å²) in [7, 11) is 1.38. The van der Waals surface area contributed by atoms with E-state index in [9.17, 15) is 9.59 Å². The molecule has 0 saturated heterocycles. The number of ether oxygens (including phenoxy) is 1. The van der Waals surface area contributed by atoms with Gasteiger partial charge in [-0.15, -0.1) is 0 Å². The van der Waals surface area contributed by atoms with Gasteiger partial charge in [-0.1, -0.05) is 27.2 Å². The Morgan fingerprint density at radius 2 is 1.70 bits per heavy atom. The van der Waals surface area contributed by atoms with Gasteiger partial charge in [0.25, 0.3) is 0 Å². The molecule has 4 saturated carbocycles. The molecule has 0 radical (unpaired) electrons. The topological polar surface area (TPSA) is 67.4 Å². The number of carbonyl (C=O) groups excluding carboxylic acids is 2. The van der Waals surface area contributed by atoms with Gasteiger partial charge in [-0.05, 0) is 49.9 Å². The third-order valence-electron chi connectivity index (χ3n) is 6.33. The van der Waals surface area contributed by atoms with Crippen LogP contribution in [0.4, 0.5) is 4.79 Å². The number of carbonyl (C=O) groups is 2. The number of methoxy groups -OCH3 is 1. The highest BCUT2D eigenvalue weighted by Crippen LogP contribution is 2.60. The maximum Gasteiger partial charge on any atom is 0.407 e. The van der Waals surface area contributed by atoms with Gasteiger partial charge in [0, 0.05) is 11.5 Å². The van der Waals surface area contributed by atoms with Crippen LogP contribution in [0.2, 0.25) is 0 Å². The van der Waals surface area contributed by atoms with Crippen molar-refractivity contribution in [3.8, 4) is 0 Å². The van der Waals surface area contributed by atoms with Gasteiger partial charge in [-0.25, -0.2) is 4.79 Å². The Kier molecular flexibility index (Phi) is 4.09. The van der Waals surface area contributed by atoms with Crippen LogP contribution in [0.1, 0.15) is 59.3 Å². The smallest absolute Gasteiger partial charge is 0.407 e. The van der Waals surface area contributed by atoms with Gasteiger partial charge in [0.2, 0.25) is 5.91 Å². The second kappa shape index (κ2) is 5.67. The van der Waals surface area contributed by atoms with Crippen LogP contribution >= 0.6 is 0 Å². The van der Waals surface area contributed by atoms with Crippen LogP contribution in [0.3, 0.4) is 0 Å². The SMILES string of the molecule is COC(=O)NC12CC(NC(=O)[C@@H]3C[C@H](C)CC[C@H]3C(C)C)(C1)C2. The molecule has 2 bridgehead atoms. The van der Waals surface area contributed by atoms with E-state index in [1.807, 2.05) is 0 Å². The minimum absolute atomic E-state index is 0.0691. The van der Waals surface area contributed by atoms with Crippen molar-refractivity contribution in [1.82, 2.24) is 10.6 Å². The number of hydrogen-bond donors (Lipinski definition) is 2. The van der Waals surface area contributed by atoms with E-state index in [4.69, 9.17) is 0 Å². The average molecular weight is 322 g/mol. The number of hydrogen-bond acceptors (Lipinski definition) is 3. The van der Waals surface area contributed by atoms with E-state index in [0.717, 1.165) is 32.1 Å². The zero-order chi connectivity index (χ0) is 16.8. The number of amides is 2. The first-order valence-corrected chi connectivity index (χ1v) is 8.96. The first-order chi connectivity index (χ1) is 10.8. The van der Waals surface area contributed by atoms with E-state index in [-0.39, 0.29) is 29.0 Å². The molecular formula is C18H30N2O3. The number of alkyl carbamates (subject to hydrolysis) is 1. The highest BCUT2D eigenvalue weighted by atomic mass is 16.5. The molecule has 23 heavy (non-hydrogen) atoms. The van der Waals surface area contributed by atoms with E-state index in [0.29, 0.717) is 17.8 Å². The molecule has 0 aromatic heterocycles. The van der Waals surface area contributed by atoms with E-state index in [2.05, 4.69) is 36.1 Å². The van der Waals surface area contributed by atoms with Crippen molar-refractivity contribution in [2.75, 3.05) is 7.11 Å². The first-order valence-electron chi connectivity index (χ1n) is 8.96. The molecule has 4 aliphatic rings. The van der Waals surface area contributed by atoms with Crippen molar-refractivity contribution >= 4 is 12.0 Å². The molecule has 0 aliphatic heterocycles. The highest BCUT2D eigenvalue weighted by molar-refractivity contribution is 5.81. The Hall–Kier alpha value is -1.26. The molecule has 0 aromatic carbocycles. The maximum absolute atomic E-state index is 12.9. The van der Waals surface area contributed by atoms with Gasteiger partial charge in [0.15, 0.2) is 0 Å². The van der Waals surface area contributed by atoms with Crippen LogP contribution in [0.25, 0.3) is 0 Å². The minimum atomic E-state index is -0.370. The monoisotopic (exact) mass is 322 g/mol. The number of rotatable bonds is 4. The van der Waals surface area contributed by atoms with Gasteiger partial charge in [0.05, 0.1) is 12.6 Å². The Bertz CT molecular complexity index is 483. The van der Waals surface area contributed by atoms with Gasteiger partial charge in [-0.2, -0.15) is 0 Å². The fraction of sp³-hybridized carbons (Fsp3) is 0.889. The molecule has 130 valence electrons. The Morgan fingerprint density at radius 3 is 2.26 bits per heavy atom. The lowest BCUT2D eigenvalue weighted by Crippen LogP contribution is -2.84. The minimum Gasteiger partial charge on any atom is -0.453 e. The van der Waals surface area contributed by atoms with Crippen molar-refractivity contribution < 1.29 is 14.3 Å². The molecule has 2 N–H and O–H groups in total. The zero-order valence-corrected chi connectivity index (χ0v) is 14.8. The summed E-state index contributed by atoms with van der Waals surface area (Å²) in [5.41, 5.74) is -0.196. The molecule has 3 atom stereocenters. The first kappa shape index (κ1) is 16.6. The lowest BCUT2D eigenvalue weighted by atomic mass is 9.44. The summed E-state index contributed by atoms with van der Waals surface area (Å²) in [5, 5.41) is 6.23. The van der Waals surface area contributed by atoms with Crippen molar-refractivity contribution in [3.63, 3.8) is 0 Å². The largest absolute Gasteiger partial charge is 0.453 e. The molecule has 0 aromatic rings. The molecule has 0 unspecified atom stereocenters. The molecule has 5 nitrogen and oxygen atoms in total. The van der Waals surface area contributed by atoms with Crippen LogP contribution in [0, 0.1) is 23.7 Å². The molecular weight excluding hydrogens is 292 g/mol. The number of nitrogens with one attached hydrogen (secondary N) is 2. The predicted octanol–water partition coefficient (Wildman–Crippen LogP) is 2.84. The summed E-state index contributed by atoms with van der Waals surface area (Å²) in [6.45, 7) is 6.72. The summed E-state index contributed by atoms with van der Waals surface area (Å²) >= 11 is 0. The third kappa shape index (κ3) is 2.94. The lowest BCUT2D eigenvalue weighted by molar-refractivity contribution is -0.147. The van der Waals surface area contributed by atoms with Crippen LogP contribution in [0.15, 0.2) is 0 Å². The summed E-state index contributed by atoms with van der Waals surface area (Å²) in [5.74, 6) is 2.08. The normalized spacial score (nSPS) is 41.5. The summed E-state index contributed by atoms with van der Waals surface area (Å²) in [6.07, 6.45) is 5.57.